The maximum atomic E-state index is 5.84. The van der Waals surface area contributed by atoms with Gasteiger partial charge in [-0.25, -0.2) is 0 Å². The van der Waals surface area contributed by atoms with Crippen LogP contribution in [0, 0.1) is 0 Å². The largest absolute Gasteiger partial charge is 0.461 e. The molecule has 1 aromatic heterocycles. The van der Waals surface area contributed by atoms with Crippen LogP contribution in [0.15, 0.2) is 24.3 Å². The minimum Gasteiger partial charge on any atom is -0.461 e. The van der Waals surface area contributed by atoms with Gasteiger partial charge in [-0.05, 0) is 31.5 Å². The molecule has 21 heavy (non-hydrogen) atoms. The van der Waals surface area contributed by atoms with Crippen LogP contribution in [0.5, 0.6) is 12.0 Å². The molecule has 0 bridgehead atoms. The first kappa shape index (κ1) is 15.3. The summed E-state index contributed by atoms with van der Waals surface area (Å²) in [4.78, 5) is 12.4. The topological polar surface area (TPSA) is 69.2 Å². The highest BCUT2D eigenvalue weighted by Crippen LogP contribution is 2.16. The Kier molecular flexibility index (Phi) is 5.16. The average molecular weight is 309 g/mol. The van der Waals surface area contributed by atoms with E-state index in [2.05, 4.69) is 20.3 Å². The van der Waals surface area contributed by atoms with Crippen molar-refractivity contribution in [3.63, 3.8) is 0 Å². The third-order valence-corrected chi connectivity index (χ3v) is 2.69. The van der Waals surface area contributed by atoms with Crippen molar-refractivity contribution in [2.24, 2.45) is 0 Å². The second kappa shape index (κ2) is 7.08. The van der Waals surface area contributed by atoms with Crippen molar-refractivity contribution < 1.29 is 9.47 Å². The molecule has 0 amide bonds. The number of aromatic nitrogens is 3. The van der Waals surface area contributed by atoms with E-state index in [0.717, 1.165) is 5.56 Å². The van der Waals surface area contributed by atoms with E-state index in [0.29, 0.717) is 17.6 Å². The maximum Gasteiger partial charge on any atom is 0.324 e. The van der Waals surface area contributed by atoms with E-state index < -0.39 is 0 Å². The summed E-state index contributed by atoms with van der Waals surface area (Å²) in [6, 6.07) is 7.82. The Balaban J connectivity index is 2.09. The molecule has 6 nitrogen and oxygen atoms in total. The molecular formula is C14H17ClN4O2. The Morgan fingerprint density at radius 2 is 1.76 bits per heavy atom. The lowest BCUT2D eigenvalue weighted by atomic mass is 10.2. The summed E-state index contributed by atoms with van der Waals surface area (Å²) in [5, 5.41) is 3.53. The summed E-state index contributed by atoms with van der Waals surface area (Å²) < 4.78 is 11.0. The monoisotopic (exact) mass is 308 g/mol. The number of anilines is 1. The lowest BCUT2D eigenvalue weighted by Gasteiger charge is -2.10. The molecule has 0 unspecified atom stereocenters. The van der Waals surface area contributed by atoms with Gasteiger partial charge in [-0.1, -0.05) is 23.7 Å². The number of nitrogens with one attached hydrogen (secondary N) is 1. The van der Waals surface area contributed by atoms with Gasteiger partial charge in [0.05, 0.1) is 6.10 Å². The van der Waals surface area contributed by atoms with Crippen LogP contribution < -0.4 is 14.8 Å². The lowest BCUT2D eigenvalue weighted by molar-refractivity contribution is 0.211. The predicted molar refractivity (Wildman–Crippen MR) is 80.9 cm³/mol. The summed E-state index contributed by atoms with van der Waals surface area (Å²) in [6.07, 6.45) is -0.0266. The van der Waals surface area contributed by atoms with Crippen molar-refractivity contribution in [1.82, 2.24) is 15.0 Å². The summed E-state index contributed by atoms with van der Waals surface area (Å²) >= 11 is 5.84. The summed E-state index contributed by atoms with van der Waals surface area (Å²) in [6.45, 7) is 4.14. The fourth-order valence-electron chi connectivity index (χ4n) is 1.51. The van der Waals surface area contributed by atoms with Crippen LogP contribution >= 0.6 is 11.6 Å². The highest BCUT2D eigenvalue weighted by Gasteiger charge is 2.09. The minimum absolute atomic E-state index is 0.0266. The first-order chi connectivity index (χ1) is 10.1. The highest BCUT2D eigenvalue weighted by atomic mass is 35.5. The standard InChI is InChI=1S/C14H17ClN4O2/c1-9(2)21-14-18-12(16-3)17-13(19-14)20-8-10-4-6-11(15)7-5-10/h4-7,9H,8H2,1-3H3,(H,16,17,18,19). The van der Waals surface area contributed by atoms with Crippen LogP contribution in [0.2, 0.25) is 5.02 Å². The normalized spacial score (nSPS) is 10.5. The Morgan fingerprint density at radius 1 is 1.10 bits per heavy atom. The Hall–Kier alpha value is -2.08. The van der Waals surface area contributed by atoms with Crippen molar-refractivity contribution in [3.05, 3.63) is 34.9 Å². The van der Waals surface area contributed by atoms with E-state index in [1.807, 2.05) is 26.0 Å². The van der Waals surface area contributed by atoms with Gasteiger partial charge in [0, 0.05) is 12.1 Å². The van der Waals surface area contributed by atoms with E-state index >= 15 is 0 Å². The van der Waals surface area contributed by atoms with Crippen molar-refractivity contribution >= 4 is 17.5 Å². The first-order valence-corrected chi connectivity index (χ1v) is 6.92. The van der Waals surface area contributed by atoms with Gasteiger partial charge in [0.2, 0.25) is 5.95 Å². The van der Waals surface area contributed by atoms with Crippen LogP contribution in [0.1, 0.15) is 19.4 Å². The third-order valence-electron chi connectivity index (χ3n) is 2.44. The molecule has 0 aliphatic carbocycles. The Morgan fingerprint density at radius 3 is 2.38 bits per heavy atom. The SMILES string of the molecule is CNc1nc(OCc2ccc(Cl)cc2)nc(OC(C)C)n1. The molecule has 7 heteroatoms. The number of hydrogen-bond donors (Lipinski definition) is 1. The molecule has 2 aromatic rings. The van der Waals surface area contributed by atoms with Gasteiger partial charge in [0.1, 0.15) is 6.61 Å². The molecule has 0 aliphatic heterocycles. The number of halogens is 1. The zero-order valence-corrected chi connectivity index (χ0v) is 12.9. The van der Waals surface area contributed by atoms with Crippen molar-refractivity contribution in [2.75, 3.05) is 12.4 Å². The minimum atomic E-state index is -0.0266. The summed E-state index contributed by atoms with van der Waals surface area (Å²) in [5.74, 6) is 0.395. The Labute approximate surface area is 128 Å². The van der Waals surface area contributed by atoms with Gasteiger partial charge in [0.25, 0.3) is 0 Å². The average Bonchev–Trinajstić information content (AvgIpc) is 2.45. The van der Waals surface area contributed by atoms with Crippen LogP contribution in [0.4, 0.5) is 5.95 Å². The number of ether oxygens (including phenoxy) is 2. The molecule has 0 spiro atoms. The molecule has 2 rings (SSSR count). The van der Waals surface area contributed by atoms with Gasteiger partial charge >= 0.3 is 12.0 Å². The van der Waals surface area contributed by atoms with Crippen molar-refractivity contribution in [1.29, 1.82) is 0 Å². The zero-order valence-electron chi connectivity index (χ0n) is 12.1. The molecule has 0 saturated carbocycles. The molecule has 1 aromatic carbocycles. The Bertz CT molecular complexity index is 590. The van der Waals surface area contributed by atoms with Crippen LogP contribution in [0.25, 0.3) is 0 Å². The number of nitrogens with zero attached hydrogens (tertiary/aromatic N) is 3. The van der Waals surface area contributed by atoms with E-state index in [-0.39, 0.29) is 18.1 Å². The van der Waals surface area contributed by atoms with Crippen LogP contribution in [-0.2, 0) is 6.61 Å². The van der Waals surface area contributed by atoms with E-state index in [1.165, 1.54) is 0 Å². The quantitative estimate of drug-likeness (QED) is 0.885. The lowest BCUT2D eigenvalue weighted by Crippen LogP contribution is -2.11. The molecule has 0 aliphatic rings. The number of hydrogen-bond acceptors (Lipinski definition) is 6. The van der Waals surface area contributed by atoms with Gasteiger partial charge in [-0.3, -0.25) is 0 Å². The fraction of sp³-hybridized carbons (Fsp3) is 0.357. The summed E-state index contributed by atoms with van der Waals surface area (Å²) in [5.41, 5.74) is 0.970. The smallest absolute Gasteiger partial charge is 0.324 e. The number of benzene rings is 1. The predicted octanol–water partition coefficient (Wildman–Crippen LogP) is 2.93. The first-order valence-electron chi connectivity index (χ1n) is 6.54. The second-order valence-electron chi connectivity index (χ2n) is 4.56. The second-order valence-corrected chi connectivity index (χ2v) is 4.99. The van der Waals surface area contributed by atoms with E-state index in [1.54, 1.807) is 19.2 Å². The molecule has 0 radical (unpaired) electrons. The maximum absolute atomic E-state index is 5.84. The third kappa shape index (κ3) is 4.75. The van der Waals surface area contributed by atoms with Crippen molar-refractivity contribution in [2.45, 2.75) is 26.6 Å². The molecular weight excluding hydrogens is 292 g/mol. The fourth-order valence-corrected chi connectivity index (χ4v) is 1.63. The molecule has 1 heterocycles. The molecule has 1 N–H and O–H groups in total. The van der Waals surface area contributed by atoms with Crippen LogP contribution in [0.3, 0.4) is 0 Å². The van der Waals surface area contributed by atoms with E-state index in [9.17, 15) is 0 Å². The van der Waals surface area contributed by atoms with Crippen LogP contribution in [-0.4, -0.2) is 28.1 Å². The number of rotatable bonds is 6. The zero-order chi connectivity index (χ0) is 15.2. The van der Waals surface area contributed by atoms with Gasteiger partial charge in [0.15, 0.2) is 0 Å². The van der Waals surface area contributed by atoms with Gasteiger partial charge < -0.3 is 14.8 Å². The van der Waals surface area contributed by atoms with E-state index in [4.69, 9.17) is 21.1 Å². The molecule has 0 atom stereocenters. The van der Waals surface area contributed by atoms with Gasteiger partial charge in [-0.2, -0.15) is 9.97 Å². The summed E-state index contributed by atoms with van der Waals surface area (Å²) in [7, 11) is 1.72. The van der Waals surface area contributed by atoms with Crippen molar-refractivity contribution in [3.8, 4) is 12.0 Å². The van der Waals surface area contributed by atoms with Gasteiger partial charge in [-0.15, -0.1) is 4.98 Å². The highest BCUT2D eigenvalue weighted by molar-refractivity contribution is 6.30. The molecule has 0 saturated heterocycles. The molecule has 112 valence electrons. The molecule has 0 fully saturated rings.